The first kappa shape index (κ1) is 12.5. The Morgan fingerprint density at radius 1 is 1.33 bits per heavy atom. The number of para-hydroxylation sites is 1. The lowest BCUT2D eigenvalue weighted by Crippen LogP contribution is -2.34. The zero-order valence-electron chi connectivity index (χ0n) is 10.3. The van der Waals surface area contributed by atoms with Gasteiger partial charge in [-0.25, -0.2) is 0 Å². The van der Waals surface area contributed by atoms with E-state index < -0.39 is 6.04 Å². The van der Waals surface area contributed by atoms with Crippen LogP contribution < -0.4 is 5.73 Å². The average Bonchev–Trinajstić information content (AvgIpc) is 2.39. The molecule has 0 saturated carbocycles. The number of carbonyl (C=O) groups is 1. The molecule has 1 aromatic heterocycles. The maximum absolute atomic E-state index is 11.4. The maximum Gasteiger partial charge on any atom is 0.323 e. The number of pyridine rings is 1. The van der Waals surface area contributed by atoms with Gasteiger partial charge in [0.15, 0.2) is 0 Å². The van der Waals surface area contributed by atoms with E-state index in [0.717, 1.165) is 16.6 Å². The van der Waals surface area contributed by atoms with Crippen molar-refractivity contribution in [1.82, 2.24) is 4.98 Å². The number of nitrogens with two attached hydrogens (primary N) is 1. The first-order chi connectivity index (χ1) is 8.70. The number of rotatable bonds is 4. The van der Waals surface area contributed by atoms with Crippen molar-refractivity contribution >= 4 is 16.9 Å². The molecular weight excluding hydrogens is 228 g/mol. The van der Waals surface area contributed by atoms with Crippen LogP contribution in [0.3, 0.4) is 0 Å². The lowest BCUT2D eigenvalue weighted by Gasteiger charge is -2.10. The summed E-state index contributed by atoms with van der Waals surface area (Å²) in [7, 11) is 0. The standard InChI is InChI=1S/C14H16N2O2/c1-2-18-14(17)12(15)9-11-8-7-10-5-3-4-6-13(10)16-11/h3-8,12H,2,9,15H2,1H3/t12-/m0/s1. The fourth-order valence-electron chi connectivity index (χ4n) is 1.78. The molecule has 0 amide bonds. The summed E-state index contributed by atoms with van der Waals surface area (Å²) in [5.74, 6) is -0.382. The summed E-state index contributed by atoms with van der Waals surface area (Å²) in [5, 5.41) is 1.07. The predicted octanol–water partition coefficient (Wildman–Crippen LogP) is 1.67. The van der Waals surface area contributed by atoms with Crippen molar-refractivity contribution in [2.24, 2.45) is 5.73 Å². The van der Waals surface area contributed by atoms with E-state index in [4.69, 9.17) is 10.5 Å². The fraction of sp³-hybridized carbons (Fsp3) is 0.286. The summed E-state index contributed by atoms with van der Waals surface area (Å²) < 4.78 is 4.87. The first-order valence-electron chi connectivity index (χ1n) is 5.97. The molecule has 2 aromatic rings. The van der Waals surface area contributed by atoms with Gasteiger partial charge in [-0.3, -0.25) is 9.78 Å². The Labute approximate surface area is 106 Å². The van der Waals surface area contributed by atoms with Crippen LogP contribution in [0.2, 0.25) is 0 Å². The van der Waals surface area contributed by atoms with Gasteiger partial charge in [-0.15, -0.1) is 0 Å². The highest BCUT2D eigenvalue weighted by molar-refractivity contribution is 5.79. The van der Waals surface area contributed by atoms with E-state index in [1.807, 2.05) is 36.4 Å². The third-order valence-corrected chi connectivity index (χ3v) is 2.67. The summed E-state index contributed by atoms with van der Waals surface area (Å²) in [4.78, 5) is 15.9. The Morgan fingerprint density at radius 2 is 2.11 bits per heavy atom. The first-order valence-corrected chi connectivity index (χ1v) is 5.97. The molecule has 1 heterocycles. The van der Waals surface area contributed by atoms with Crippen molar-refractivity contribution in [3.8, 4) is 0 Å². The van der Waals surface area contributed by atoms with Crippen molar-refractivity contribution in [3.63, 3.8) is 0 Å². The monoisotopic (exact) mass is 244 g/mol. The second-order valence-electron chi connectivity index (χ2n) is 4.06. The molecule has 94 valence electrons. The van der Waals surface area contributed by atoms with Gasteiger partial charge >= 0.3 is 5.97 Å². The van der Waals surface area contributed by atoms with Crippen LogP contribution in [-0.2, 0) is 16.0 Å². The normalized spacial score (nSPS) is 12.3. The van der Waals surface area contributed by atoms with E-state index in [0.29, 0.717) is 13.0 Å². The maximum atomic E-state index is 11.4. The van der Waals surface area contributed by atoms with E-state index in [9.17, 15) is 4.79 Å². The third-order valence-electron chi connectivity index (χ3n) is 2.67. The van der Waals surface area contributed by atoms with Gasteiger partial charge in [-0.2, -0.15) is 0 Å². The molecule has 0 bridgehead atoms. The van der Waals surface area contributed by atoms with Crippen molar-refractivity contribution in [1.29, 1.82) is 0 Å². The lowest BCUT2D eigenvalue weighted by atomic mass is 10.1. The van der Waals surface area contributed by atoms with Gasteiger partial charge in [0, 0.05) is 17.5 Å². The van der Waals surface area contributed by atoms with Crippen molar-refractivity contribution in [2.75, 3.05) is 6.61 Å². The van der Waals surface area contributed by atoms with E-state index in [1.54, 1.807) is 6.92 Å². The minimum absolute atomic E-state index is 0.345. The van der Waals surface area contributed by atoms with E-state index >= 15 is 0 Å². The van der Waals surface area contributed by atoms with Crippen LogP contribution in [0.5, 0.6) is 0 Å². The smallest absolute Gasteiger partial charge is 0.323 e. The van der Waals surface area contributed by atoms with E-state index in [2.05, 4.69) is 4.98 Å². The van der Waals surface area contributed by atoms with Gasteiger partial charge in [0.2, 0.25) is 0 Å². The van der Waals surface area contributed by atoms with Gasteiger partial charge in [-0.05, 0) is 19.1 Å². The van der Waals surface area contributed by atoms with Crippen LogP contribution in [0, 0.1) is 0 Å². The predicted molar refractivity (Wildman–Crippen MR) is 70.1 cm³/mol. The zero-order chi connectivity index (χ0) is 13.0. The van der Waals surface area contributed by atoms with Crippen molar-refractivity contribution < 1.29 is 9.53 Å². The molecular formula is C14H16N2O2. The van der Waals surface area contributed by atoms with Crippen LogP contribution in [-0.4, -0.2) is 23.6 Å². The van der Waals surface area contributed by atoms with Gasteiger partial charge in [0.1, 0.15) is 6.04 Å². The fourth-order valence-corrected chi connectivity index (χ4v) is 1.78. The summed E-state index contributed by atoms with van der Waals surface area (Å²) in [6.45, 7) is 2.11. The van der Waals surface area contributed by atoms with Crippen LogP contribution in [0.25, 0.3) is 10.9 Å². The number of hydrogen-bond donors (Lipinski definition) is 1. The topological polar surface area (TPSA) is 65.2 Å². The summed E-state index contributed by atoms with van der Waals surface area (Å²) >= 11 is 0. The summed E-state index contributed by atoms with van der Waals surface area (Å²) in [5.41, 5.74) is 7.47. The molecule has 0 unspecified atom stereocenters. The molecule has 1 aromatic carbocycles. The molecule has 0 aliphatic heterocycles. The number of esters is 1. The molecule has 0 fully saturated rings. The molecule has 0 spiro atoms. The Morgan fingerprint density at radius 3 is 2.89 bits per heavy atom. The molecule has 4 nitrogen and oxygen atoms in total. The van der Waals surface area contributed by atoms with Crippen molar-refractivity contribution in [3.05, 3.63) is 42.1 Å². The molecule has 0 aliphatic carbocycles. The molecule has 4 heteroatoms. The van der Waals surface area contributed by atoms with Gasteiger partial charge in [0.05, 0.1) is 12.1 Å². The van der Waals surface area contributed by atoms with Gasteiger partial charge in [0.25, 0.3) is 0 Å². The third kappa shape index (κ3) is 2.84. The minimum atomic E-state index is -0.654. The zero-order valence-corrected chi connectivity index (χ0v) is 10.3. The quantitative estimate of drug-likeness (QED) is 0.831. The Balaban J connectivity index is 2.14. The number of fused-ring (bicyclic) bond motifs is 1. The van der Waals surface area contributed by atoms with Crippen LogP contribution in [0.1, 0.15) is 12.6 Å². The molecule has 0 saturated heterocycles. The van der Waals surface area contributed by atoms with Crippen LogP contribution in [0.4, 0.5) is 0 Å². The lowest BCUT2D eigenvalue weighted by molar-refractivity contribution is -0.144. The van der Waals surface area contributed by atoms with Crippen molar-refractivity contribution in [2.45, 2.75) is 19.4 Å². The largest absolute Gasteiger partial charge is 0.465 e. The number of aromatic nitrogens is 1. The van der Waals surface area contributed by atoms with E-state index in [1.165, 1.54) is 0 Å². The molecule has 2 rings (SSSR count). The average molecular weight is 244 g/mol. The number of hydrogen-bond acceptors (Lipinski definition) is 4. The minimum Gasteiger partial charge on any atom is -0.465 e. The number of carbonyl (C=O) groups excluding carboxylic acids is 1. The number of nitrogens with zero attached hydrogens (tertiary/aromatic N) is 1. The SMILES string of the molecule is CCOC(=O)[C@@H](N)Cc1ccc2ccccc2n1. The molecule has 2 N–H and O–H groups in total. The highest BCUT2D eigenvalue weighted by Crippen LogP contribution is 2.12. The number of ether oxygens (including phenoxy) is 1. The van der Waals surface area contributed by atoms with Gasteiger partial charge in [-0.1, -0.05) is 24.3 Å². The summed E-state index contributed by atoms with van der Waals surface area (Å²) in [6, 6.07) is 11.1. The molecule has 1 atom stereocenters. The molecule has 18 heavy (non-hydrogen) atoms. The van der Waals surface area contributed by atoms with Gasteiger partial charge < -0.3 is 10.5 Å². The Bertz CT molecular complexity index is 554. The molecule has 0 aliphatic rings. The second kappa shape index (κ2) is 5.60. The second-order valence-corrected chi connectivity index (χ2v) is 4.06. The highest BCUT2D eigenvalue weighted by Gasteiger charge is 2.15. The van der Waals surface area contributed by atoms with Crippen LogP contribution in [0.15, 0.2) is 36.4 Å². The molecule has 0 radical (unpaired) electrons. The Kier molecular flexibility index (Phi) is 3.89. The van der Waals surface area contributed by atoms with E-state index in [-0.39, 0.29) is 5.97 Å². The van der Waals surface area contributed by atoms with Crippen LogP contribution >= 0.6 is 0 Å². The summed E-state index contributed by atoms with van der Waals surface area (Å²) in [6.07, 6.45) is 0.393. The number of benzene rings is 1. The highest BCUT2D eigenvalue weighted by atomic mass is 16.5. The Hall–Kier alpha value is -1.94.